The van der Waals surface area contributed by atoms with Crippen LogP contribution in [0.2, 0.25) is 0 Å². The van der Waals surface area contributed by atoms with Crippen molar-refractivity contribution >= 4 is 0 Å². The van der Waals surface area contributed by atoms with E-state index in [0.717, 1.165) is 11.3 Å². The van der Waals surface area contributed by atoms with Gasteiger partial charge in [-0.05, 0) is 24.6 Å². The molecular formula is C10H15NO2. The smallest absolute Gasteiger partial charge is 0.118 e. The Balaban J connectivity index is 2.49. The van der Waals surface area contributed by atoms with Crippen LogP contribution >= 0.6 is 0 Å². The quantitative estimate of drug-likeness (QED) is 0.716. The third kappa shape index (κ3) is 3.44. The largest absolute Gasteiger partial charge is 0.497 e. The summed E-state index contributed by atoms with van der Waals surface area (Å²) in [5.74, 6) is 0.851. The fourth-order valence-corrected chi connectivity index (χ4v) is 0.949. The van der Waals surface area contributed by atoms with Gasteiger partial charge < -0.3 is 15.2 Å². The molecule has 3 heteroatoms. The SMILES string of the molecule is COc1ccc(COC(C)N)cc1. The predicted molar refractivity (Wildman–Crippen MR) is 51.4 cm³/mol. The first-order valence-corrected chi connectivity index (χ1v) is 4.22. The molecular weight excluding hydrogens is 166 g/mol. The van der Waals surface area contributed by atoms with Gasteiger partial charge in [0.2, 0.25) is 0 Å². The van der Waals surface area contributed by atoms with E-state index in [-0.39, 0.29) is 6.23 Å². The summed E-state index contributed by atoms with van der Waals surface area (Å²) in [5, 5.41) is 0. The van der Waals surface area contributed by atoms with Crippen molar-refractivity contribution < 1.29 is 9.47 Å². The number of hydrogen-bond donors (Lipinski definition) is 1. The minimum Gasteiger partial charge on any atom is -0.497 e. The van der Waals surface area contributed by atoms with Crippen LogP contribution in [0.25, 0.3) is 0 Å². The molecule has 0 saturated carbocycles. The summed E-state index contributed by atoms with van der Waals surface area (Å²) in [4.78, 5) is 0. The van der Waals surface area contributed by atoms with Gasteiger partial charge in [-0.25, -0.2) is 0 Å². The minimum absolute atomic E-state index is 0.220. The summed E-state index contributed by atoms with van der Waals surface area (Å²) in [6, 6.07) is 7.72. The molecule has 0 fully saturated rings. The second-order valence-corrected chi connectivity index (χ2v) is 2.86. The Morgan fingerprint density at radius 1 is 1.31 bits per heavy atom. The average molecular weight is 181 g/mol. The van der Waals surface area contributed by atoms with E-state index in [0.29, 0.717) is 6.61 Å². The molecule has 13 heavy (non-hydrogen) atoms. The van der Waals surface area contributed by atoms with Crippen LogP contribution in [0.15, 0.2) is 24.3 Å². The molecule has 1 atom stereocenters. The first-order valence-electron chi connectivity index (χ1n) is 4.22. The van der Waals surface area contributed by atoms with Gasteiger partial charge in [0.25, 0.3) is 0 Å². The maximum Gasteiger partial charge on any atom is 0.118 e. The molecule has 0 aliphatic carbocycles. The van der Waals surface area contributed by atoms with Crippen molar-refractivity contribution in [1.29, 1.82) is 0 Å². The topological polar surface area (TPSA) is 44.5 Å². The highest BCUT2D eigenvalue weighted by Gasteiger charge is 1.96. The van der Waals surface area contributed by atoms with E-state index in [4.69, 9.17) is 15.2 Å². The Morgan fingerprint density at radius 2 is 1.92 bits per heavy atom. The fraction of sp³-hybridized carbons (Fsp3) is 0.400. The average Bonchev–Trinajstić information content (AvgIpc) is 2.15. The van der Waals surface area contributed by atoms with E-state index in [1.807, 2.05) is 31.2 Å². The normalized spacial score (nSPS) is 12.5. The van der Waals surface area contributed by atoms with E-state index in [2.05, 4.69) is 0 Å². The molecule has 0 saturated heterocycles. The molecule has 0 radical (unpaired) electrons. The van der Waals surface area contributed by atoms with E-state index in [1.54, 1.807) is 7.11 Å². The highest BCUT2D eigenvalue weighted by Crippen LogP contribution is 2.11. The molecule has 0 aliphatic rings. The summed E-state index contributed by atoms with van der Waals surface area (Å²) < 4.78 is 10.3. The molecule has 1 aromatic rings. The van der Waals surface area contributed by atoms with Crippen molar-refractivity contribution in [3.8, 4) is 5.75 Å². The molecule has 1 aromatic carbocycles. The predicted octanol–water partition coefficient (Wildman–Crippen LogP) is 1.52. The minimum atomic E-state index is -0.220. The zero-order valence-corrected chi connectivity index (χ0v) is 7.99. The number of ether oxygens (including phenoxy) is 2. The Labute approximate surface area is 78.5 Å². The summed E-state index contributed by atoms with van der Waals surface area (Å²) in [6.45, 7) is 2.35. The van der Waals surface area contributed by atoms with E-state index < -0.39 is 0 Å². The lowest BCUT2D eigenvalue weighted by atomic mass is 10.2. The monoisotopic (exact) mass is 181 g/mol. The van der Waals surface area contributed by atoms with Gasteiger partial charge in [-0.1, -0.05) is 12.1 Å². The third-order valence-corrected chi connectivity index (χ3v) is 1.67. The van der Waals surface area contributed by atoms with Crippen LogP contribution in [-0.2, 0) is 11.3 Å². The lowest BCUT2D eigenvalue weighted by Gasteiger charge is -2.07. The van der Waals surface area contributed by atoms with Gasteiger partial charge >= 0.3 is 0 Å². The van der Waals surface area contributed by atoms with Crippen molar-refractivity contribution in [2.24, 2.45) is 5.73 Å². The second-order valence-electron chi connectivity index (χ2n) is 2.86. The summed E-state index contributed by atoms with van der Waals surface area (Å²) in [5.41, 5.74) is 6.54. The Kier molecular flexibility index (Phi) is 3.73. The molecule has 0 heterocycles. The molecule has 0 amide bonds. The van der Waals surface area contributed by atoms with E-state index in [1.165, 1.54) is 0 Å². The van der Waals surface area contributed by atoms with Crippen LogP contribution in [-0.4, -0.2) is 13.3 Å². The lowest BCUT2D eigenvalue weighted by Crippen LogP contribution is -2.18. The molecule has 0 aliphatic heterocycles. The maximum absolute atomic E-state index is 5.45. The fourth-order valence-electron chi connectivity index (χ4n) is 0.949. The number of benzene rings is 1. The molecule has 0 aromatic heterocycles. The van der Waals surface area contributed by atoms with Gasteiger partial charge in [-0.3, -0.25) is 0 Å². The van der Waals surface area contributed by atoms with Crippen molar-refractivity contribution in [2.45, 2.75) is 19.8 Å². The molecule has 72 valence electrons. The van der Waals surface area contributed by atoms with Gasteiger partial charge in [-0.2, -0.15) is 0 Å². The van der Waals surface area contributed by atoms with Crippen LogP contribution in [0.4, 0.5) is 0 Å². The molecule has 1 rings (SSSR count). The lowest BCUT2D eigenvalue weighted by molar-refractivity contribution is 0.0576. The van der Waals surface area contributed by atoms with E-state index >= 15 is 0 Å². The highest BCUT2D eigenvalue weighted by atomic mass is 16.5. The van der Waals surface area contributed by atoms with Crippen LogP contribution in [0.1, 0.15) is 12.5 Å². The number of nitrogens with two attached hydrogens (primary N) is 1. The maximum atomic E-state index is 5.45. The van der Waals surface area contributed by atoms with Crippen LogP contribution in [0, 0.1) is 0 Å². The number of hydrogen-bond acceptors (Lipinski definition) is 3. The summed E-state index contributed by atoms with van der Waals surface area (Å²) in [7, 11) is 1.65. The van der Waals surface area contributed by atoms with Gasteiger partial charge in [0.15, 0.2) is 0 Å². The highest BCUT2D eigenvalue weighted by molar-refractivity contribution is 5.26. The molecule has 1 unspecified atom stereocenters. The Hall–Kier alpha value is -1.06. The molecule has 0 spiro atoms. The van der Waals surface area contributed by atoms with Gasteiger partial charge in [-0.15, -0.1) is 0 Å². The van der Waals surface area contributed by atoms with Gasteiger partial charge in [0.1, 0.15) is 12.0 Å². The second kappa shape index (κ2) is 4.84. The van der Waals surface area contributed by atoms with Crippen molar-refractivity contribution in [3.05, 3.63) is 29.8 Å². The third-order valence-electron chi connectivity index (χ3n) is 1.67. The van der Waals surface area contributed by atoms with Crippen LogP contribution in [0.3, 0.4) is 0 Å². The number of methoxy groups -OCH3 is 1. The number of rotatable bonds is 4. The molecule has 0 bridgehead atoms. The van der Waals surface area contributed by atoms with Crippen molar-refractivity contribution in [1.82, 2.24) is 0 Å². The molecule has 3 nitrogen and oxygen atoms in total. The summed E-state index contributed by atoms with van der Waals surface area (Å²) >= 11 is 0. The van der Waals surface area contributed by atoms with Crippen LogP contribution < -0.4 is 10.5 Å². The first kappa shape index (κ1) is 10.0. The van der Waals surface area contributed by atoms with Gasteiger partial charge in [0.05, 0.1) is 13.7 Å². The zero-order chi connectivity index (χ0) is 9.68. The van der Waals surface area contributed by atoms with Crippen LogP contribution in [0.5, 0.6) is 5.75 Å². The van der Waals surface area contributed by atoms with Gasteiger partial charge in [0, 0.05) is 0 Å². The molecule has 2 N–H and O–H groups in total. The Morgan fingerprint density at radius 3 is 2.38 bits per heavy atom. The summed E-state index contributed by atoms with van der Waals surface area (Å²) in [6.07, 6.45) is -0.220. The Bertz CT molecular complexity index is 244. The zero-order valence-electron chi connectivity index (χ0n) is 7.99. The van der Waals surface area contributed by atoms with Crippen molar-refractivity contribution in [3.63, 3.8) is 0 Å². The first-order chi connectivity index (χ1) is 6.22. The van der Waals surface area contributed by atoms with Crippen molar-refractivity contribution in [2.75, 3.05) is 7.11 Å². The standard InChI is InChI=1S/C10H15NO2/c1-8(11)13-7-9-3-5-10(12-2)6-4-9/h3-6,8H,7,11H2,1-2H3. The van der Waals surface area contributed by atoms with E-state index in [9.17, 15) is 0 Å².